The van der Waals surface area contributed by atoms with Gasteiger partial charge in [-0.1, -0.05) is 100 Å². The highest BCUT2D eigenvalue weighted by atomic mass is 15.5. The van der Waals surface area contributed by atoms with Crippen molar-refractivity contribution in [1.29, 1.82) is 0 Å². The van der Waals surface area contributed by atoms with Gasteiger partial charge in [0.05, 0.1) is 16.8 Å². The highest BCUT2D eigenvalue weighted by molar-refractivity contribution is 5.94. The van der Waals surface area contributed by atoms with Crippen LogP contribution in [0.5, 0.6) is 0 Å². The van der Waals surface area contributed by atoms with Gasteiger partial charge >= 0.3 is 0 Å². The lowest BCUT2D eigenvalue weighted by Gasteiger charge is -2.50. The summed E-state index contributed by atoms with van der Waals surface area (Å²) in [6, 6.07) is 19.8. The molecule has 0 fully saturated rings. The van der Waals surface area contributed by atoms with Gasteiger partial charge in [-0.2, -0.15) is 0 Å². The molecule has 2 aliphatic heterocycles. The summed E-state index contributed by atoms with van der Waals surface area (Å²) in [5.41, 5.74) is 12.2. The Morgan fingerprint density at radius 3 is 2.35 bits per heavy atom. The van der Waals surface area contributed by atoms with Gasteiger partial charge in [0.2, 0.25) is 0 Å². The van der Waals surface area contributed by atoms with Gasteiger partial charge in [0.1, 0.15) is 6.17 Å². The van der Waals surface area contributed by atoms with Crippen LogP contribution < -0.4 is 9.80 Å². The number of hydrogen-bond acceptors (Lipinski definition) is 4. The summed E-state index contributed by atoms with van der Waals surface area (Å²) in [6.45, 7) is 16.4. The van der Waals surface area contributed by atoms with Crippen molar-refractivity contribution in [2.75, 3.05) is 9.80 Å². The molecule has 2 aromatic carbocycles. The van der Waals surface area contributed by atoms with Crippen LogP contribution in [0.3, 0.4) is 0 Å². The molecule has 4 heteroatoms. The highest BCUT2D eigenvalue weighted by Crippen LogP contribution is 2.60. The van der Waals surface area contributed by atoms with Gasteiger partial charge < -0.3 is 9.80 Å². The fraction of sp³-hybridized carbons (Fsp3) is 0.333. The SMILES string of the molecule is CCC1(C)c2ccccc2N2c3nc4c(nc3N(c3ccccc3)C2C1C)C1(C)C(C)=CC=CC1=C1C4=C(C)C=CC1C. The molecule has 4 nitrogen and oxygen atoms in total. The number of allylic oxidation sites excluding steroid dienone is 10. The van der Waals surface area contributed by atoms with Crippen molar-refractivity contribution in [3.05, 3.63) is 124 Å². The van der Waals surface area contributed by atoms with Crippen LogP contribution in [0.2, 0.25) is 0 Å². The summed E-state index contributed by atoms with van der Waals surface area (Å²) in [4.78, 5) is 16.5. The third kappa shape index (κ3) is 3.22. The number of rotatable bonds is 2. The number of fused-ring (bicyclic) bond motifs is 10. The molecule has 3 aromatic rings. The average molecular weight is 565 g/mol. The normalized spacial score (nSPS) is 29.9. The molecule has 1 aromatic heterocycles. The molecule has 3 heterocycles. The fourth-order valence-electron chi connectivity index (χ4n) is 8.56. The number of anilines is 4. The third-order valence-corrected chi connectivity index (χ3v) is 11.5. The molecule has 5 aliphatic rings. The standard InChI is InChI=1S/C39H40N4/c1-8-38(6)26(5)37-42(27-16-10-9-11-17-27)36-35(43(37)30-20-13-12-18-28(30)38)40-33-32-24(3)22-21-23(2)31(32)29-19-14-15-25(4)39(29,7)34(33)41-36/h9-23,26,37H,8H2,1-7H3. The second-order valence-corrected chi connectivity index (χ2v) is 13.5. The topological polar surface area (TPSA) is 32.3 Å². The fourth-order valence-corrected chi connectivity index (χ4v) is 8.56. The second-order valence-electron chi connectivity index (χ2n) is 13.5. The molecule has 0 N–H and O–H groups in total. The first-order chi connectivity index (χ1) is 20.7. The maximum absolute atomic E-state index is 5.77. The summed E-state index contributed by atoms with van der Waals surface area (Å²) in [5.74, 6) is 2.55. The number of para-hydroxylation sites is 2. The van der Waals surface area contributed by atoms with E-state index < -0.39 is 0 Å². The predicted molar refractivity (Wildman–Crippen MR) is 178 cm³/mol. The zero-order valence-corrected chi connectivity index (χ0v) is 26.3. The third-order valence-electron chi connectivity index (χ3n) is 11.5. The molecule has 0 radical (unpaired) electrons. The van der Waals surface area contributed by atoms with E-state index in [1.165, 1.54) is 39.1 Å². The van der Waals surface area contributed by atoms with Gasteiger partial charge in [0.15, 0.2) is 11.6 Å². The van der Waals surface area contributed by atoms with E-state index >= 15 is 0 Å². The molecule has 0 spiro atoms. The number of hydrogen-bond donors (Lipinski definition) is 0. The van der Waals surface area contributed by atoms with Crippen LogP contribution >= 0.6 is 0 Å². The first kappa shape index (κ1) is 26.4. The molecular formula is C39H40N4. The maximum Gasteiger partial charge on any atom is 0.179 e. The van der Waals surface area contributed by atoms with E-state index in [4.69, 9.17) is 9.97 Å². The molecule has 5 unspecified atom stereocenters. The molecular weight excluding hydrogens is 524 g/mol. The van der Waals surface area contributed by atoms with Crippen molar-refractivity contribution in [1.82, 2.24) is 9.97 Å². The first-order valence-corrected chi connectivity index (χ1v) is 15.9. The Morgan fingerprint density at radius 1 is 0.860 bits per heavy atom. The van der Waals surface area contributed by atoms with Crippen molar-refractivity contribution < 1.29 is 0 Å². The van der Waals surface area contributed by atoms with Crippen LogP contribution in [0.15, 0.2) is 107 Å². The minimum Gasteiger partial charge on any atom is -0.302 e. The Balaban J connectivity index is 1.48. The van der Waals surface area contributed by atoms with Crippen LogP contribution in [-0.2, 0) is 10.8 Å². The molecule has 216 valence electrons. The predicted octanol–water partition coefficient (Wildman–Crippen LogP) is 9.47. The van der Waals surface area contributed by atoms with Crippen LogP contribution in [0.4, 0.5) is 23.0 Å². The van der Waals surface area contributed by atoms with E-state index in [0.717, 1.165) is 35.1 Å². The Hall–Kier alpha value is -4.18. The van der Waals surface area contributed by atoms with E-state index in [1.54, 1.807) is 0 Å². The van der Waals surface area contributed by atoms with Crippen molar-refractivity contribution in [2.45, 2.75) is 71.9 Å². The molecule has 8 rings (SSSR count). The van der Waals surface area contributed by atoms with E-state index in [-0.39, 0.29) is 17.0 Å². The molecule has 0 saturated heterocycles. The van der Waals surface area contributed by atoms with Gasteiger partial charge in [-0.25, -0.2) is 9.97 Å². The van der Waals surface area contributed by atoms with E-state index in [0.29, 0.717) is 11.8 Å². The van der Waals surface area contributed by atoms with E-state index in [1.807, 2.05) is 0 Å². The van der Waals surface area contributed by atoms with E-state index in [2.05, 4.69) is 143 Å². The molecule has 0 saturated carbocycles. The molecule has 0 bridgehead atoms. The van der Waals surface area contributed by atoms with Crippen molar-refractivity contribution in [3.8, 4) is 0 Å². The maximum atomic E-state index is 5.77. The number of aromatic nitrogens is 2. The van der Waals surface area contributed by atoms with Gasteiger partial charge in [0, 0.05) is 34.2 Å². The summed E-state index contributed by atoms with van der Waals surface area (Å²) in [6.07, 6.45) is 12.5. The van der Waals surface area contributed by atoms with Gasteiger partial charge in [-0.15, -0.1) is 0 Å². The summed E-state index contributed by atoms with van der Waals surface area (Å²) in [5, 5.41) is 0. The van der Waals surface area contributed by atoms with Crippen molar-refractivity contribution in [2.24, 2.45) is 11.8 Å². The molecule has 5 atom stereocenters. The largest absolute Gasteiger partial charge is 0.302 e. The number of benzene rings is 2. The van der Waals surface area contributed by atoms with E-state index in [9.17, 15) is 0 Å². The van der Waals surface area contributed by atoms with Crippen molar-refractivity contribution >= 4 is 28.6 Å². The van der Waals surface area contributed by atoms with Crippen LogP contribution in [0, 0.1) is 11.8 Å². The molecule has 3 aliphatic carbocycles. The Bertz CT molecular complexity index is 1860. The second kappa shape index (κ2) is 8.92. The monoisotopic (exact) mass is 564 g/mol. The van der Waals surface area contributed by atoms with Gasteiger partial charge in [0.25, 0.3) is 0 Å². The average Bonchev–Trinajstić information content (AvgIpc) is 3.36. The zero-order valence-electron chi connectivity index (χ0n) is 26.3. The van der Waals surface area contributed by atoms with Gasteiger partial charge in [-0.05, 0) is 67.7 Å². The number of nitrogens with zero attached hydrogens (tertiary/aromatic N) is 4. The Kier molecular flexibility index (Phi) is 5.49. The minimum atomic E-state index is -0.350. The van der Waals surface area contributed by atoms with Gasteiger partial charge in [-0.3, -0.25) is 0 Å². The highest BCUT2D eigenvalue weighted by Gasteiger charge is 2.55. The summed E-state index contributed by atoms with van der Waals surface area (Å²) < 4.78 is 0. The first-order valence-electron chi connectivity index (χ1n) is 15.9. The Morgan fingerprint density at radius 2 is 1.58 bits per heavy atom. The zero-order chi connectivity index (χ0) is 29.8. The van der Waals surface area contributed by atoms with Crippen LogP contribution in [0.1, 0.15) is 71.8 Å². The molecule has 43 heavy (non-hydrogen) atoms. The smallest absolute Gasteiger partial charge is 0.179 e. The lowest BCUT2D eigenvalue weighted by molar-refractivity contribution is 0.249. The lowest BCUT2D eigenvalue weighted by atomic mass is 9.61. The lowest BCUT2D eigenvalue weighted by Crippen LogP contribution is -2.54. The quantitative estimate of drug-likeness (QED) is 0.310. The Labute approximate surface area is 255 Å². The van der Waals surface area contributed by atoms with Crippen molar-refractivity contribution in [3.63, 3.8) is 0 Å². The molecule has 0 amide bonds. The summed E-state index contributed by atoms with van der Waals surface area (Å²) in [7, 11) is 0. The van der Waals surface area contributed by atoms with Crippen LogP contribution in [-0.4, -0.2) is 16.1 Å². The van der Waals surface area contributed by atoms with Crippen LogP contribution in [0.25, 0.3) is 5.57 Å². The summed E-state index contributed by atoms with van der Waals surface area (Å²) >= 11 is 0. The minimum absolute atomic E-state index is 0.0104.